The van der Waals surface area contributed by atoms with E-state index in [1.165, 1.54) is 55.6 Å². The SMILES string of the molecule is COc1cc(C(=O)OC(C)CCCCCCCCCCCOOOOOOO)ccc1NC(=O)[C@@H]1N[C@@H](CC(C)(C)C)[C@](C#N)(c2ccc(Cl)cc2F)[C@H]1c1cccc(Cl)c1F. The molecule has 1 aliphatic heterocycles. The van der Waals surface area contributed by atoms with E-state index >= 15 is 8.78 Å². The number of carbonyl (C=O) groups excluding carboxylic acids is 2. The van der Waals surface area contributed by atoms with E-state index < -0.39 is 52.3 Å². The Hall–Kier alpha value is -3.99. The van der Waals surface area contributed by atoms with E-state index in [-0.39, 0.29) is 44.3 Å². The quantitative estimate of drug-likeness (QED) is 0.0317. The van der Waals surface area contributed by atoms with Gasteiger partial charge in [0.25, 0.3) is 0 Å². The molecule has 1 unspecified atom stereocenters. The van der Waals surface area contributed by atoms with E-state index in [0.29, 0.717) is 19.4 Å². The smallest absolute Gasteiger partial charge is 0.338 e. The molecule has 3 N–H and O–H groups in total. The summed E-state index contributed by atoms with van der Waals surface area (Å²) in [5, 5.41) is 43.5. The Morgan fingerprint density at radius 1 is 0.935 bits per heavy atom. The van der Waals surface area contributed by atoms with E-state index in [0.717, 1.165) is 63.9 Å². The van der Waals surface area contributed by atoms with Gasteiger partial charge in [0.2, 0.25) is 5.91 Å². The molecule has 0 saturated carbocycles. The summed E-state index contributed by atoms with van der Waals surface area (Å²) >= 11 is 12.4. The van der Waals surface area contributed by atoms with Crippen LogP contribution in [0.4, 0.5) is 14.5 Å². The molecular formula is C44H55Cl2F2N3O11. The van der Waals surface area contributed by atoms with Crippen molar-refractivity contribution in [2.75, 3.05) is 19.0 Å². The van der Waals surface area contributed by atoms with Crippen molar-refractivity contribution in [2.45, 2.75) is 128 Å². The van der Waals surface area contributed by atoms with Gasteiger partial charge in [-0.05, 0) is 105 Å². The number of halogens is 4. The van der Waals surface area contributed by atoms with E-state index in [4.69, 9.17) is 37.9 Å². The standard InChI is InChI=1S/C44H55Cl2F2N3O11/c1-28(16-13-11-9-7-6-8-10-12-14-23-56-59-61-62-60-58-54)57-42(53)29-19-22-35(36(24-29)55-5)50-41(52)40-38(31-17-15-18-33(46)39(31)48)44(27-49,37(51-40)26-43(2,3)4)32-21-20-30(45)25-34(32)47/h15,17-22,24-25,28,37-38,40,51,54H,6-14,16,23,26H2,1-5H3,(H,50,52)/t28?,37-,38-,40+,44-/m0/s1. The topological polar surface area (TPSA) is 176 Å². The van der Waals surface area contributed by atoms with E-state index in [9.17, 15) is 14.9 Å². The summed E-state index contributed by atoms with van der Waals surface area (Å²) < 4.78 is 43.4. The lowest BCUT2D eigenvalue weighted by Crippen LogP contribution is -2.45. The number of carbonyl (C=O) groups is 2. The summed E-state index contributed by atoms with van der Waals surface area (Å²) in [6, 6.07) is 13.0. The Balaban J connectivity index is 1.38. The van der Waals surface area contributed by atoms with E-state index in [1.54, 1.807) is 0 Å². The maximum atomic E-state index is 16.1. The first kappa shape index (κ1) is 50.7. The lowest BCUT2D eigenvalue weighted by Gasteiger charge is -2.37. The fourth-order valence-corrected chi connectivity index (χ4v) is 8.26. The number of amides is 1. The molecule has 0 aliphatic carbocycles. The van der Waals surface area contributed by atoms with Gasteiger partial charge in [0.05, 0.1) is 48.2 Å². The Morgan fingerprint density at radius 2 is 1.61 bits per heavy atom. The number of hydrogen-bond donors (Lipinski definition) is 3. The van der Waals surface area contributed by atoms with Crippen molar-refractivity contribution in [1.82, 2.24) is 5.32 Å². The Labute approximate surface area is 370 Å². The third kappa shape index (κ3) is 14.0. The fraction of sp³-hybridized carbons (Fsp3) is 0.523. The van der Waals surface area contributed by atoms with Crippen molar-refractivity contribution < 1.29 is 63.2 Å². The summed E-state index contributed by atoms with van der Waals surface area (Å²) in [5.74, 6) is -3.92. The van der Waals surface area contributed by atoms with Crippen LogP contribution in [0.2, 0.25) is 10.0 Å². The van der Waals surface area contributed by atoms with Gasteiger partial charge in [-0.25, -0.2) is 23.7 Å². The van der Waals surface area contributed by atoms with E-state index in [2.05, 4.69) is 46.8 Å². The maximum absolute atomic E-state index is 16.1. The molecule has 3 aromatic rings. The van der Waals surface area contributed by atoms with Gasteiger partial charge in [0, 0.05) is 22.5 Å². The Kier molecular flexibility index (Phi) is 20.2. The summed E-state index contributed by atoms with van der Waals surface area (Å²) in [4.78, 5) is 32.3. The molecule has 62 heavy (non-hydrogen) atoms. The van der Waals surface area contributed by atoms with Crippen molar-refractivity contribution in [1.29, 1.82) is 5.26 Å². The van der Waals surface area contributed by atoms with Gasteiger partial charge in [0.1, 0.15) is 22.8 Å². The highest BCUT2D eigenvalue weighted by Crippen LogP contribution is 2.53. The summed E-state index contributed by atoms with van der Waals surface area (Å²) in [6.45, 7) is 7.99. The zero-order valence-electron chi connectivity index (χ0n) is 35.5. The highest BCUT2D eigenvalue weighted by Gasteiger charge is 2.61. The fourth-order valence-electron chi connectivity index (χ4n) is 7.92. The highest BCUT2D eigenvalue weighted by molar-refractivity contribution is 6.31. The molecule has 1 heterocycles. The van der Waals surface area contributed by atoms with Crippen molar-refractivity contribution in [3.8, 4) is 11.8 Å². The molecule has 14 nitrogen and oxygen atoms in total. The second kappa shape index (κ2) is 24.7. The van der Waals surface area contributed by atoms with Crippen LogP contribution in [0.15, 0.2) is 54.6 Å². The monoisotopic (exact) mass is 909 g/mol. The van der Waals surface area contributed by atoms with Crippen LogP contribution in [0.1, 0.15) is 126 Å². The largest absolute Gasteiger partial charge is 0.495 e. The van der Waals surface area contributed by atoms with Gasteiger partial charge in [-0.15, -0.1) is 0 Å². The molecule has 0 spiro atoms. The molecular weight excluding hydrogens is 855 g/mol. The van der Waals surface area contributed by atoms with Gasteiger partial charge < -0.3 is 20.1 Å². The first-order chi connectivity index (χ1) is 29.7. The van der Waals surface area contributed by atoms with Crippen LogP contribution in [0.25, 0.3) is 0 Å². The Morgan fingerprint density at radius 3 is 2.26 bits per heavy atom. The molecule has 1 aliphatic rings. The number of hydrogen-bond acceptors (Lipinski definition) is 13. The summed E-state index contributed by atoms with van der Waals surface area (Å²) in [6.07, 6.45) is 9.68. The number of ether oxygens (including phenoxy) is 2. The summed E-state index contributed by atoms with van der Waals surface area (Å²) in [7, 11) is 1.39. The molecule has 4 rings (SSSR count). The predicted molar refractivity (Wildman–Crippen MR) is 224 cm³/mol. The molecule has 1 fully saturated rings. The minimum atomic E-state index is -1.80. The van der Waals surface area contributed by atoms with Gasteiger partial charge in [-0.2, -0.15) is 5.26 Å². The van der Waals surface area contributed by atoms with Crippen LogP contribution >= 0.6 is 23.2 Å². The molecule has 3 aromatic carbocycles. The van der Waals surface area contributed by atoms with Crippen LogP contribution in [0, 0.1) is 28.4 Å². The number of rotatable bonds is 25. The van der Waals surface area contributed by atoms with Crippen molar-refractivity contribution >= 4 is 40.8 Å². The van der Waals surface area contributed by atoms with Crippen LogP contribution in [-0.4, -0.2) is 49.0 Å². The number of nitrogens with zero attached hydrogens (tertiary/aromatic N) is 1. The molecule has 18 heteroatoms. The second-order valence-corrected chi connectivity index (χ2v) is 17.3. The second-order valence-electron chi connectivity index (χ2n) is 16.4. The number of benzene rings is 3. The number of anilines is 1. The molecule has 1 amide bonds. The molecule has 340 valence electrons. The zero-order valence-corrected chi connectivity index (χ0v) is 37.0. The highest BCUT2D eigenvalue weighted by atomic mass is 35.5. The number of nitriles is 1. The van der Waals surface area contributed by atoms with Crippen LogP contribution in [0.5, 0.6) is 5.75 Å². The van der Waals surface area contributed by atoms with Crippen molar-refractivity contribution in [2.24, 2.45) is 5.41 Å². The average Bonchev–Trinajstić information content (AvgIpc) is 3.54. The van der Waals surface area contributed by atoms with Gasteiger partial charge in [0.15, 0.2) is 0 Å². The predicted octanol–water partition coefficient (Wildman–Crippen LogP) is 10.8. The number of nitrogens with one attached hydrogen (secondary N) is 2. The third-order valence-corrected chi connectivity index (χ3v) is 11.3. The molecule has 0 radical (unpaired) electrons. The van der Waals surface area contributed by atoms with Gasteiger partial charge >= 0.3 is 5.97 Å². The molecule has 0 bridgehead atoms. The average molecular weight is 911 g/mol. The number of methoxy groups -OCH3 is 1. The van der Waals surface area contributed by atoms with Gasteiger partial charge in [-0.1, -0.05) is 107 Å². The van der Waals surface area contributed by atoms with E-state index in [1.807, 2.05) is 27.7 Å². The molecule has 1 saturated heterocycles. The summed E-state index contributed by atoms with van der Waals surface area (Å²) in [5.41, 5.74) is -1.89. The minimum Gasteiger partial charge on any atom is -0.495 e. The normalized spacial score (nSPS) is 19.2. The van der Waals surface area contributed by atoms with Crippen LogP contribution in [-0.2, 0) is 45.0 Å². The maximum Gasteiger partial charge on any atom is 0.338 e. The van der Waals surface area contributed by atoms with Crippen molar-refractivity contribution in [3.05, 3.63) is 93.0 Å². The third-order valence-electron chi connectivity index (χ3n) is 10.7. The lowest BCUT2D eigenvalue weighted by atomic mass is 9.62. The lowest BCUT2D eigenvalue weighted by molar-refractivity contribution is -0.787. The minimum absolute atomic E-state index is 0.0384. The molecule has 0 aromatic heterocycles. The Bertz CT molecular complexity index is 1970. The number of esters is 1. The van der Waals surface area contributed by atoms with Crippen molar-refractivity contribution in [3.63, 3.8) is 0 Å². The molecule has 5 atom stereocenters. The number of unbranched alkanes of at least 4 members (excludes halogenated alkanes) is 8. The zero-order chi connectivity index (χ0) is 45.3. The van der Waals surface area contributed by atoms with Crippen LogP contribution < -0.4 is 15.4 Å². The first-order valence-electron chi connectivity index (χ1n) is 20.5. The first-order valence-corrected chi connectivity index (χ1v) is 21.3. The van der Waals surface area contributed by atoms with Crippen LogP contribution in [0.3, 0.4) is 0 Å². The van der Waals surface area contributed by atoms with Gasteiger partial charge in [-0.3, -0.25) is 4.79 Å².